The molecule has 254 valence electrons. The maximum Gasteiger partial charge on any atom is 0.416 e. The number of hydrogen-bond donors (Lipinski definition) is 1. The van der Waals surface area contributed by atoms with Crippen LogP contribution < -0.4 is 19.7 Å². The number of aryl methyl sites for hydroxylation is 1. The van der Waals surface area contributed by atoms with Crippen LogP contribution in [-0.2, 0) is 30.8 Å². The number of anilines is 2. The molecular weight excluding hydrogens is 612 g/mol. The predicted octanol–water partition coefficient (Wildman–Crippen LogP) is 4.23. The van der Waals surface area contributed by atoms with Crippen LogP contribution in [0.25, 0.3) is 0 Å². The summed E-state index contributed by atoms with van der Waals surface area (Å²) in [6.07, 6.45) is 5.37. The highest BCUT2D eigenvalue weighted by molar-refractivity contribution is 6.06. The molecule has 0 bridgehead atoms. The molecule has 47 heavy (non-hydrogen) atoms. The van der Waals surface area contributed by atoms with Crippen molar-refractivity contribution >= 4 is 35.3 Å². The molecule has 3 aliphatic rings. The molecule has 0 aliphatic carbocycles. The van der Waals surface area contributed by atoms with Crippen molar-refractivity contribution in [3.8, 4) is 11.5 Å². The van der Waals surface area contributed by atoms with Crippen molar-refractivity contribution in [2.75, 3.05) is 50.8 Å². The van der Waals surface area contributed by atoms with Gasteiger partial charge in [-0.1, -0.05) is 12.7 Å². The molecule has 1 N–H and O–H groups in total. The van der Waals surface area contributed by atoms with Gasteiger partial charge in [-0.2, -0.15) is 0 Å². The molecule has 14 nitrogen and oxygen atoms in total. The van der Waals surface area contributed by atoms with E-state index in [4.69, 9.17) is 28.4 Å². The lowest BCUT2D eigenvalue weighted by Crippen LogP contribution is -2.54. The molecule has 0 saturated carbocycles. The van der Waals surface area contributed by atoms with Gasteiger partial charge in [-0.15, -0.1) is 0 Å². The summed E-state index contributed by atoms with van der Waals surface area (Å²) in [5, 5.41) is 2.77. The van der Waals surface area contributed by atoms with E-state index in [-0.39, 0.29) is 48.4 Å². The first-order valence-electron chi connectivity index (χ1n) is 15.8. The van der Waals surface area contributed by atoms with E-state index in [9.17, 15) is 19.2 Å². The van der Waals surface area contributed by atoms with E-state index in [1.807, 2.05) is 0 Å². The fraction of sp³-hybridized carbons (Fsp3) is 0.515. The third-order valence-electron chi connectivity index (χ3n) is 8.36. The minimum atomic E-state index is -0.870. The van der Waals surface area contributed by atoms with Gasteiger partial charge in [0.2, 0.25) is 5.91 Å². The summed E-state index contributed by atoms with van der Waals surface area (Å²) >= 11 is 0. The molecule has 2 aromatic rings. The van der Waals surface area contributed by atoms with E-state index in [0.29, 0.717) is 49.5 Å². The zero-order valence-corrected chi connectivity index (χ0v) is 27.0. The van der Waals surface area contributed by atoms with Crippen LogP contribution in [0.4, 0.5) is 16.2 Å². The lowest BCUT2D eigenvalue weighted by Gasteiger charge is -2.38. The zero-order chi connectivity index (χ0) is 33.5. The second-order valence-electron chi connectivity index (χ2n) is 11.5. The van der Waals surface area contributed by atoms with Crippen LogP contribution in [0.5, 0.6) is 11.5 Å². The summed E-state index contributed by atoms with van der Waals surface area (Å²) in [4.78, 5) is 55.3. The number of esters is 1. The lowest BCUT2D eigenvalue weighted by molar-refractivity contribution is -0.195. The number of ether oxygens (including phenoxy) is 6. The van der Waals surface area contributed by atoms with Crippen molar-refractivity contribution in [2.24, 2.45) is 7.05 Å². The number of nitrogens with one attached hydrogen (secondary N) is 1. The highest BCUT2D eigenvalue weighted by Gasteiger charge is 2.47. The van der Waals surface area contributed by atoms with Crippen molar-refractivity contribution in [1.82, 2.24) is 9.47 Å². The van der Waals surface area contributed by atoms with Crippen molar-refractivity contribution in [3.63, 3.8) is 0 Å². The molecule has 5 rings (SSSR count). The van der Waals surface area contributed by atoms with Gasteiger partial charge in [-0.3, -0.25) is 9.59 Å². The number of amides is 3. The maximum atomic E-state index is 14.0. The second-order valence-corrected chi connectivity index (χ2v) is 11.5. The minimum Gasteiger partial charge on any atom is -0.493 e. The quantitative estimate of drug-likeness (QED) is 0.200. The zero-order valence-electron chi connectivity index (χ0n) is 27.0. The normalized spacial score (nSPS) is 20.5. The molecule has 3 aliphatic heterocycles. The Balaban J connectivity index is 1.36. The summed E-state index contributed by atoms with van der Waals surface area (Å²) in [6.45, 7) is 4.81. The maximum absolute atomic E-state index is 14.0. The van der Waals surface area contributed by atoms with Crippen LogP contribution in [0.15, 0.2) is 37.1 Å². The first kappa shape index (κ1) is 33.8. The average Bonchev–Trinajstić information content (AvgIpc) is 3.69. The monoisotopic (exact) mass is 654 g/mol. The Morgan fingerprint density at radius 3 is 2.66 bits per heavy atom. The van der Waals surface area contributed by atoms with Gasteiger partial charge >= 0.3 is 12.1 Å². The minimum absolute atomic E-state index is 0.0335. The molecule has 0 radical (unpaired) electrons. The molecule has 3 atom stereocenters. The van der Waals surface area contributed by atoms with Gasteiger partial charge in [0.15, 0.2) is 24.0 Å². The van der Waals surface area contributed by atoms with Crippen molar-refractivity contribution < 1.29 is 47.6 Å². The number of carbonyl (C=O) groups excluding carboxylic acids is 4. The van der Waals surface area contributed by atoms with Crippen molar-refractivity contribution in [2.45, 2.75) is 63.5 Å². The van der Waals surface area contributed by atoms with Gasteiger partial charge in [0.1, 0.15) is 12.3 Å². The van der Waals surface area contributed by atoms with E-state index in [1.54, 1.807) is 34.8 Å². The molecule has 1 aromatic heterocycles. The Kier molecular flexibility index (Phi) is 11.0. The Morgan fingerprint density at radius 2 is 1.94 bits per heavy atom. The molecule has 1 unspecified atom stereocenters. The standard InChI is InChI=1S/C33H42N4O10/c1-5-14-46-33(41)37-24-19-27(44-16-9-11-28(38)34-21-17-25(32(40)43-4)35(2)20-21)26(42-3)18-22(24)30(39)36-13-8-10-23(36)31(37)47-29-12-6-7-15-45-29/h5,17-20,23,29,31H,1,6-16H2,2-4H3,(H,34,38)/t23-,29?,31-/m0/s1. The summed E-state index contributed by atoms with van der Waals surface area (Å²) in [5.74, 6) is -0.451. The summed E-state index contributed by atoms with van der Waals surface area (Å²) in [6, 6.07) is 4.27. The molecule has 2 fully saturated rings. The van der Waals surface area contributed by atoms with Crippen molar-refractivity contribution in [1.29, 1.82) is 0 Å². The average molecular weight is 655 g/mol. The van der Waals surface area contributed by atoms with Gasteiger partial charge in [0, 0.05) is 38.9 Å². The Hall–Kier alpha value is -4.56. The smallest absolute Gasteiger partial charge is 0.416 e. The summed E-state index contributed by atoms with van der Waals surface area (Å²) in [5.41, 5.74) is 1.29. The van der Waals surface area contributed by atoms with Crippen LogP contribution in [0.2, 0.25) is 0 Å². The number of aromatic nitrogens is 1. The molecule has 2 saturated heterocycles. The third-order valence-corrected chi connectivity index (χ3v) is 8.36. The molecule has 0 spiro atoms. The molecule has 14 heteroatoms. The van der Waals surface area contributed by atoms with Crippen LogP contribution in [-0.4, -0.2) is 92.5 Å². The Morgan fingerprint density at radius 1 is 1.11 bits per heavy atom. The lowest BCUT2D eigenvalue weighted by atomic mass is 10.1. The Labute approximate surface area is 273 Å². The summed E-state index contributed by atoms with van der Waals surface area (Å²) in [7, 11) is 4.43. The number of carbonyl (C=O) groups is 4. The fourth-order valence-electron chi connectivity index (χ4n) is 6.10. The molecule has 4 heterocycles. The number of benzene rings is 1. The second kappa shape index (κ2) is 15.4. The van der Waals surface area contributed by atoms with Gasteiger partial charge < -0.3 is 43.2 Å². The topological polar surface area (TPSA) is 147 Å². The number of methoxy groups -OCH3 is 2. The van der Waals surface area contributed by atoms with Crippen LogP contribution in [0.3, 0.4) is 0 Å². The van der Waals surface area contributed by atoms with E-state index >= 15 is 0 Å². The van der Waals surface area contributed by atoms with Crippen LogP contribution in [0, 0.1) is 0 Å². The van der Waals surface area contributed by atoms with E-state index in [2.05, 4.69) is 11.9 Å². The van der Waals surface area contributed by atoms with Gasteiger partial charge in [-0.05, 0) is 50.7 Å². The third kappa shape index (κ3) is 7.54. The number of hydrogen-bond acceptors (Lipinski definition) is 10. The number of rotatable bonds is 12. The molecule has 3 amide bonds. The van der Waals surface area contributed by atoms with Crippen molar-refractivity contribution in [3.05, 3.63) is 48.3 Å². The highest BCUT2D eigenvalue weighted by Crippen LogP contribution is 2.42. The fourth-order valence-corrected chi connectivity index (χ4v) is 6.10. The predicted molar refractivity (Wildman–Crippen MR) is 170 cm³/mol. The Bertz CT molecular complexity index is 1480. The van der Waals surface area contributed by atoms with E-state index < -0.39 is 30.6 Å². The van der Waals surface area contributed by atoms with Gasteiger partial charge in [0.05, 0.1) is 43.8 Å². The first-order valence-corrected chi connectivity index (χ1v) is 15.8. The van der Waals surface area contributed by atoms with Crippen LogP contribution >= 0.6 is 0 Å². The number of nitrogens with zero attached hydrogens (tertiary/aromatic N) is 3. The number of fused-ring (bicyclic) bond motifs is 2. The summed E-state index contributed by atoms with van der Waals surface area (Å²) < 4.78 is 35.9. The van der Waals surface area contributed by atoms with Crippen LogP contribution in [0.1, 0.15) is 65.8 Å². The largest absolute Gasteiger partial charge is 0.493 e. The highest BCUT2D eigenvalue weighted by atomic mass is 16.7. The SMILES string of the molecule is C=CCOC(=O)N1c2cc(OCCCC(=O)Nc3cc(C(=O)OC)n(C)c3)c(OC)cc2C(=O)N2CCC[C@H]2[C@@H]1OC1CCCCO1. The van der Waals surface area contributed by atoms with Gasteiger partial charge in [-0.25, -0.2) is 14.5 Å². The first-order chi connectivity index (χ1) is 22.7. The van der Waals surface area contributed by atoms with E-state index in [1.165, 1.54) is 31.3 Å². The molecule has 1 aromatic carbocycles. The molecular formula is C33H42N4O10. The van der Waals surface area contributed by atoms with Gasteiger partial charge in [0.25, 0.3) is 5.91 Å². The van der Waals surface area contributed by atoms with E-state index in [0.717, 1.165) is 19.3 Å².